The fourth-order valence-corrected chi connectivity index (χ4v) is 8.50. The Labute approximate surface area is 200 Å². The van der Waals surface area contributed by atoms with Crippen LogP contribution in [0.15, 0.2) is 0 Å². The maximum Gasteiger partial charge on any atom is 0.239 e. The van der Waals surface area contributed by atoms with E-state index in [1.807, 2.05) is 0 Å². The summed E-state index contributed by atoms with van der Waals surface area (Å²) in [6.45, 7) is 3.61. The summed E-state index contributed by atoms with van der Waals surface area (Å²) in [5, 5.41) is 8.09. The smallest absolute Gasteiger partial charge is 0.239 e. The third kappa shape index (κ3) is 4.84. The summed E-state index contributed by atoms with van der Waals surface area (Å²) >= 11 is 0. The lowest BCUT2D eigenvalue weighted by molar-refractivity contribution is -0.138. The van der Waals surface area contributed by atoms with Crippen LogP contribution < -0.4 is 11.5 Å². The molecular weight excluding hydrogens is 410 g/mol. The Hall–Kier alpha value is -1.14. The molecule has 1 amide bonds. The minimum Gasteiger partial charge on any atom is -0.387 e. The van der Waals surface area contributed by atoms with E-state index in [0.717, 1.165) is 82.5 Å². The zero-order valence-electron chi connectivity index (χ0n) is 20.6. The van der Waals surface area contributed by atoms with Crippen LogP contribution >= 0.6 is 0 Å². The number of hydrogen-bond donors (Lipinski definition) is 3. The summed E-state index contributed by atoms with van der Waals surface area (Å²) in [7, 11) is 0. The second kappa shape index (κ2) is 10.2. The number of nitrogens with zero attached hydrogens (tertiary/aromatic N) is 2. The van der Waals surface area contributed by atoms with Crippen molar-refractivity contribution >= 4 is 11.7 Å². The Morgan fingerprint density at radius 3 is 2.39 bits per heavy atom. The molecule has 2 saturated heterocycles. The first kappa shape index (κ1) is 23.6. The summed E-state index contributed by atoms with van der Waals surface area (Å²) in [6.07, 6.45) is 16.1. The lowest BCUT2D eigenvalue weighted by atomic mass is 9.65. The number of nitrogens with one attached hydrogen (secondary N) is 1. The molecule has 0 aromatic carbocycles. The SMILES string of the molecule is N=C(N)C1CCC2CC(C(=O)N3CCC(CN)CC3)N(CC3CCCC4CCCCC43)C2C1. The van der Waals surface area contributed by atoms with Crippen LogP contribution in [-0.2, 0) is 4.79 Å². The first-order chi connectivity index (χ1) is 16.0. The first-order valence-electron chi connectivity index (χ1n) is 14.1. The summed E-state index contributed by atoms with van der Waals surface area (Å²) < 4.78 is 0. The Kier molecular flexibility index (Phi) is 7.31. The van der Waals surface area contributed by atoms with Gasteiger partial charge in [0.25, 0.3) is 0 Å². The zero-order valence-corrected chi connectivity index (χ0v) is 20.6. The third-order valence-electron chi connectivity index (χ3n) is 10.5. The van der Waals surface area contributed by atoms with Gasteiger partial charge in [-0.2, -0.15) is 0 Å². The van der Waals surface area contributed by atoms with E-state index in [1.165, 1.54) is 44.9 Å². The zero-order chi connectivity index (χ0) is 22.9. The summed E-state index contributed by atoms with van der Waals surface area (Å²) in [6, 6.07) is 0.483. The molecule has 0 spiro atoms. The molecule has 5 rings (SSSR count). The number of fused-ring (bicyclic) bond motifs is 2. The molecule has 33 heavy (non-hydrogen) atoms. The molecule has 3 aliphatic carbocycles. The van der Waals surface area contributed by atoms with Crippen molar-refractivity contribution in [2.45, 2.75) is 95.6 Å². The van der Waals surface area contributed by atoms with Gasteiger partial charge in [-0.05, 0) is 87.5 Å². The van der Waals surface area contributed by atoms with Crippen molar-refractivity contribution in [2.75, 3.05) is 26.2 Å². The molecule has 0 radical (unpaired) electrons. The number of likely N-dealkylation sites (tertiary alicyclic amines) is 2. The second-order valence-corrected chi connectivity index (χ2v) is 12.1. The molecular formula is C27H47N5O. The minimum absolute atomic E-state index is 0.0455. The second-order valence-electron chi connectivity index (χ2n) is 12.1. The predicted molar refractivity (Wildman–Crippen MR) is 133 cm³/mol. The van der Waals surface area contributed by atoms with E-state index in [1.54, 1.807) is 0 Å². The molecule has 6 heteroatoms. The number of rotatable bonds is 5. The summed E-state index contributed by atoms with van der Waals surface area (Å²) in [5.74, 6) is 4.68. The quantitative estimate of drug-likeness (QED) is 0.434. The van der Waals surface area contributed by atoms with Gasteiger partial charge in [0.2, 0.25) is 5.91 Å². The van der Waals surface area contributed by atoms with Crippen LogP contribution in [0.3, 0.4) is 0 Å². The molecule has 0 aromatic rings. The predicted octanol–water partition coefficient (Wildman–Crippen LogP) is 3.59. The van der Waals surface area contributed by atoms with Crippen LogP contribution in [0.1, 0.15) is 83.5 Å². The Bertz CT molecular complexity index is 703. The molecule has 2 aliphatic heterocycles. The highest BCUT2D eigenvalue weighted by Crippen LogP contribution is 2.47. The molecule has 186 valence electrons. The van der Waals surface area contributed by atoms with Crippen LogP contribution in [0.25, 0.3) is 0 Å². The fourth-order valence-electron chi connectivity index (χ4n) is 8.50. The highest BCUT2D eigenvalue weighted by molar-refractivity contribution is 5.83. The van der Waals surface area contributed by atoms with Crippen molar-refractivity contribution in [1.82, 2.24) is 9.80 Å². The summed E-state index contributed by atoms with van der Waals surface area (Å²) in [4.78, 5) is 18.7. The topological polar surface area (TPSA) is 99.4 Å². The van der Waals surface area contributed by atoms with E-state index in [0.29, 0.717) is 29.6 Å². The Morgan fingerprint density at radius 1 is 0.879 bits per heavy atom. The number of carbonyl (C=O) groups is 1. The van der Waals surface area contributed by atoms with Gasteiger partial charge in [-0.15, -0.1) is 0 Å². The molecule has 5 fully saturated rings. The number of amidine groups is 1. The highest BCUT2D eigenvalue weighted by atomic mass is 16.2. The van der Waals surface area contributed by atoms with Crippen molar-refractivity contribution in [1.29, 1.82) is 5.41 Å². The lowest BCUT2D eigenvalue weighted by Gasteiger charge is -2.46. The van der Waals surface area contributed by atoms with Gasteiger partial charge < -0.3 is 16.4 Å². The molecule has 0 aromatic heterocycles. The molecule has 2 heterocycles. The van der Waals surface area contributed by atoms with Crippen LogP contribution in [-0.4, -0.2) is 59.8 Å². The molecule has 5 N–H and O–H groups in total. The van der Waals surface area contributed by atoms with Gasteiger partial charge in [-0.25, -0.2) is 0 Å². The minimum atomic E-state index is 0.0455. The van der Waals surface area contributed by atoms with E-state index in [2.05, 4.69) is 9.80 Å². The molecule has 3 saturated carbocycles. The maximum absolute atomic E-state index is 13.9. The first-order valence-corrected chi connectivity index (χ1v) is 14.1. The molecule has 5 aliphatic rings. The van der Waals surface area contributed by atoms with E-state index < -0.39 is 0 Å². The van der Waals surface area contributed by atoms with E-state index >= 15 is 0 Å². The number of carbonyl (C=O) groups excluding carboxylic acids is 1. The van der Waals surface area contributed by atoms with Crippen molar-refractivity contribution in [2.24, 2.45) is 47.0 Å². The standard InChI is InChI=1S/C27H47N5O/c28-16-18-10-12-31(13-11-18)27(33)25-14-20-8-9-21(26(29)30)15-24(20)32(25)17-22-6-3-5-19-4-1-2-7-23(19)22/h18-25H,1-17,28H2,(H3,29,30). The number of piperidine rings is 1. The van der Waals surface area contributed by atoms with Gasteiger partial charge in [0.15, 0.2) is 0 Å². The van der Waals surface area contributed by atoms with Gasteiger partial charge in [-0.3, -0.25) is 15.1 Å². The average Bonchev–Trinajstić information content (AvgIpc) is 3.21. The van der Waals surface area contributed by atoms with Crippen molar-refractivity contribution in [3.63, 3.8) is 0 Å². The largest absolute Gasteiger partial charge is 0.387 e. The van der Waals surface area contributed by atoms with Crippen molar-refractivity contribution in [3.8, 4) is 0 Å². The number of nitrogens with two attached hydrogens (primary N) is 2. The monoisotopic (exact) mass is 457 g/mol. The third-order valence-corrected chi connectivity index (χ3v) is 10.5. The van der Waals surface area contributed by atoms with Gasteiger partial charge in [-0.1, -0.05) is 32.1 Å². The summed E-state index contributed by atoms with van der Waals surface area (Å²) in [5.41, 5.74) is 11.9. The molecule has 0 bridgehead atoms. The van der Waals surface area contributed by atoms with E-state index in [4.69, 9.17) is 16.9 Å². The Balaban J connectivity index is 1.34. The fraction of sp³-hybridized carbons (Fsp3) is 0.926. The van der Waals surface area contributed by atoms with Gasteiger partial charge in [0.1, 0.15) is 0 Å². The van der Waals surface area contributed by atoms with Gasteiger partial charge in [0, 0.05) is 31.6 Å². The number of amides is 1. The Morgan fingerprint density at radius 2 is 1.64 bits per heavy atom. The van der Waals surface area contributed by atoms with Crippen molar-refractivity contribution in [3.05, 3.63) is 0 Å². The van der Waals surface area contributed by atoms with Crippen LogP contribution in [0.2, 0.25) is 0 Å². The van der Waals surface area contributed by atoms with Crippen LogP contribution in [0, 0.1) is 40.9 Å². The normalized spacial score (nSPS) is 40.3. The van der Waals surface area contributed by atoms with Crippen molar-refractivity contribution < 1.29 is 4.79 Å². The van der Waals surface area contributed by atoms with E-state index in [-0.39, 0.29) is 12.0 Å². The maximum atomic E-state index is 13.9. The van der Waals surface area contributed by atoms with Gasteiger partial charge in [0.05, 0.1) is 11.9 Å². The number of hydrogen-bond acceptors (Lipinski definition) is 4. The van der Waals surface area contributed by atoms with Crippen LogP contribution in [0.4, 0.5) is 0 Å². The lowest BCUT2D eigenvalue weighted by Crippen LogP contribution is -2.53. The molecule has 6 nitrogen and oxygen atoms in total. The highest BCUT2D eigenvalue weighted by Gasteiger charge is 2.50. The van der Waals surface area contributed by atoms with Crippen LogP contribution in [0.5, 0.6) is 0 Å². The molecule has 7 atom stereocenters. The van der Waals surface area contributed by atoms with Gasteiger partial charge >= 0.3 is 0 Å². The van der Waals surface area contributed by atoms with E-state index in [9.17, 15) is 4.79 Å². The molecule has 7 unspecified atom stereocenters. The average molecular weight is 458 g/mol.